The minimum absolute atomic E-state index is 0.0324. The standard InChI is InChI=1S/C5H12N2O2S/c1-10(8,9)7-5-3-2-4-6-5/h5-7H,2-4H2,1H3. The van der Waals surface area contributed by atoms with Crippen molar-refractivity contribution in [3.63, 3.8) is 0 Å². The van der Waals surface area contributed by atoms with Crippen molar-refractivity contribution in [3.8, 4) is 0 Å². The largest absolute Gasteiger partial charge is 0.301 e. The molecule has 2 N–H and O–H groups in total. The Balaban J connectivity index is 2.38. The fraction of sp³-hybridized carbons (Fsp3) is 1.00. The monoisotopic (exact) mass is 164 g/mol. The highest BCUT2D eigenvalue weighted by molar-refractivity contribution is 7.88. The van der Waals surface area contributed by atoms with E-state index in [2.05, 4.69) is 10.0 Å². The summed E-state index contributed by atoms with van der Waals surface area (Å²) in [4.78, 5) is 0. The molecule has 0 saturated carbocycles. The first-order chi connectivity index (χ1) is 4.58. The number of hydrogen-bond donors (Lipinski definition) is 2. The lowest BCUT2D eigenvalue weighted by molar-refractivity contribution is 0.535. The van der Waals surface area contributed by atoms with Crippen molar-refractivity contribution in [2.75, 3.05) is 12.8 Å². The molecule has 5 heteroatoms. The second kappa shape index (κ2) is 2.86. The van der Waals surface area contributed by atoms with Crippen molar-refractivity contribution in [2.45, 2.75) is 19.0 Å². The Hall–Kier alpha value is -0.130. The van der Waals surface area contributed by atoms with Crippen LogP contribution >= 0.6 is 0 Å². The van der Waals surface area contributed by atoms with E-state index >= 15 is 0 Å². The lowest BCUT2D eigenvalue weighted by Crippen LogP contribution is -2.40. The molecule has 0 amide bonds. The number of rotatable bonds is 2. The molecule has 4 nitrogen and oxygen atoms in total. The van der Waals surface area contributed by atoms with Crippen LogP contribution in [0.3, 0.4) is 0 Å². The summed E-state index contributed by atoms with van der Waals surface area (Å²) >= 11 is 0. The van der Waals surface area contributed by atoms with Gasteiger partial charge in [0.05, 0.1) is 12.4 Å². The number of sulfonamides is 1. The Morgan fingerprint density at radius 1 is 1.60 bits per heavy atom. The van der Waals surface area contributed by atoms with Crippen LogP contribution in [0.2, 0.25) is 0 Å². The highest BCUT2D eigenvalue weighted by Crippen LogP contribution is 2.01. The first kappa shape index (κ1) is 7.97. The first-order valence-electron chi connectivity index (χ1n) is 3.28. The van der Waals surface area contributed by atoms with Gasteiger partial charge in [0.25, 0.3) is 0 Å². The predicted octanol–water partition coefficient (Wildman–Crippen LogP) is -0.755. The smallest absolute Gasteiger partial charge is 0.210 e. The van der Waals surface area contributed by atoms with Gasteiger partial charge < -0.3 is 5.32 Å². The van der Waals surface area contributed by atoms with Crippen LogP contribution in [-0.2, 0) is 10.0 Å². The molecule has 0 aromatic heterocycles. The summed E-state index contributed by atoms with van der Waals surface area (Å²) in [6.45, 7) is 0.910. The highest BCUT2D eigenvalue weighted by Gasteiger charge is 2.16. The first-order valence-corrected chi connectivity index (χ1v) is 5.18. The minimum atomic E-state index is -3.02. The molecule has 60 valence electrons. The van der Waals surface area contributed by atoms with E-state index in [0.717, 1.165) is 19.4 Å². The maximum absolute atomic E-state index is 10.6. The molecule has 0 bridgehead atoms. The lowest BCUT2D eigenvalue weighted by atomic mass is 10.3. The van der Waals surface area contributed by atoms with Gasteiger partial charge in [0, 0.05) is 0 Å². The molecule has 0 aliphatic carbocycles. The van der Waals surface area contributed by atoms with E-state index in [1.165, 1.54) is 6.26 Å². The Morgan fingerprint density at radius 2 is 2.30 bits per heavy atom. The van der Waals surface area contributed by atoms with Crippen molar-refractivity contribution < 1.29 is 8.42 Å². The molecule has 1 rings (SSSR count). The molecule has 1 unspecified atom stereocenters. The van der Waals surface area contributed by atoms with Gasteiger partial charge in [0.2, 0.25) is 10.0 Å². The zero-order valence-corrected chi connectivity index (χ0v) is 6.74. The lowest BCUT2D eigenvalue weighted by Gasteiger charge is -2.09. The molecule has 0 spiro atoms. The third-order valence-electron chi connectivity index (χ3n) is 1.42. The van der Waals surface area contributed by atoms with E-state index in [-0.39, 0.29) is 6.17 Å². The summed E-state index contributed by atoms with van der Waals surface area (Å²) in [6.07, 6.45) is 3.09. The van der Waals surface area contributed by atoms with Crippen LogP contribution in [0.15, 0.2) is 0 Å². The Kier molecular flexibility index (Phi) is 2.28. The molecular formula is C5H12N2O2S. The molecule has 1 saturated heterocycles. The fourth-order valence-corrected chi connectivity index (χ4v) is 1.76. The normalized spacial score (nSPS) is 27.1. The summed E-state index contributed by atoms with van der Waals surface area (Å²) in [5.74, 6) is 0. The zero-order valence-electron chi connectivity index (χ0n) is 5.92. The summed E-state index contributed by atoms with van der Waals surface area (Å²) < 4.78 is 23.8. The van der Waals surface area contributed by atoms with Gasteiger partial charge in [-0.05, 0) is 19.4 Å². The van der Waals surface area contributed by atoms with Crippen LogP contribution in [0.1, 0.15) is 12.8 Å². The fourth-order valence-electron chi connectivity index (χ4n) is 1.04. The van der Waals surface area contributed by atoms with E-state index in [4.69, 9.17) is 0 Å². The number of hydrogen-bond acceptors (Lipinski definition) is 3. The van der Waals surface area contributed by atoms with Gasteiger partial charge in [-0.3, -0.25) is 0 Å². The van der Waals surface area contributed by atoms with Gasteiger partial charge in [-0.1, -0.05) is 0 Å². The molecule has 10 heavy (non-hydrogen) atoms. The summed E-state index contributed by atoms with van der Waals surface area (Å²) in [7, 11) is -3.02. The molecule has 0 aromatic rings. The molecule has 1 atom stereocenters. The molecule has 1 heterocycles. The van der Waals surface area contributed by atoms with Crippen LogP contribution in [0.25, 0.3) is 0 Å². The van der Waals surface area contributed by atoms with Crippen LogP contribution in [0.4, 0.5) is 0 Å². The van der Waals surface area contributed by atoms with E-state index in [9.17, 15) is 8.42 Å². The van der Waals surface area contributed by atoms with Gasteiger partial charge in [0.1, 0.15) is 0 Å². The van der Waals surface area contributed by atoms with Gasteiger partial charge in [-0.15, -0.1) is 0 Å². The molecule has 0 aromatic carbocycles. The van der Waals surface area contributed by atoms with Crippen molar-refractivity contribution >= 4 is 10.0 Å². The van der Waals surface area contributed by atoms with E-state index in [1.807, 2.05) is 0 Å². The van der Waals surface area contributed by atoms with Crippen LogP contribution in [0, 0.1) is 0 Å². The van der Waals surface area contributed by atoms with Gasteiger partial charge in [-0.25, -0.2) is 8.42 Å². The topological polar surface area (TPSA) is 58.2 Å². The molecule has 1 aliphatic heterocycles. The van der Waals surface area contributed by atoms with Crippen LogP contribution in [0.5, 0.6) is 0 Å². The van der Waals surface area contributed by atoms with E-state index < -0.39 is 10.0 Å². The Morgan fingerprint density at radius 3 is 2.70 bits per heavy atom. The highest BCUT2D eigenvalue weighted by atomic mass is 32.2. The summed E-state index contributed by atoms with van der Waals surface area (Å²) in [5.41, 5.74) is 0. The predicted molar refractivity (Wildman–Crippen MR) is 39.0 cm³/mol. The molecule has 0 radical (unpaired) electrons. The number of nitrogens with one attached hydrogen (secondary N) is 2. The zero-order chi connectivity index (χ0) is 7.61. The molecule has 1 fully saturated rings. The maximum Gasteiger partial charge on any atom is 0.210 e. The van der Waals surface area contributed by atoms with Crippen molar-refractivity contribution in [1.82, 2.24) is 10.0 Å². The van der Waals surface area contributed by atoms with Crippen molar-refractivity contribution in [1.29, 1.82) is 0 Å². The molecule has 1 aliphatic rings. The second-order valence-electron chi connectivity index (χ2n) is 2.54. The van der Waals surface area contributed by atoms with Crippen LogP contribution < -0.4 is 10.0 Å². The second-order valence-corrected chi connectivity index (χ2v) is 4.32. The SMILES string of the molecule is CS(=O)(=O)NC1CCCN1. The molecular weight excluding hydrogens is 152 g/mol. The quantitative estimate of drug-likeness (QED) is 0.564. The van der Waals surface area contributed by atoms with Gasteiger partial charge in [-0.2, -0.15) is 4.72 Å². The van der Waals surface area contributed by atoms with Crippen molar-refractivity contribution in [2.24, 2.45) is 0 Å². The van der Waals surface area contributed by atoms with E-state index in [0.29, 0.717) is 0 Å². The van der Waals surface area contributed by atoms with Gasteiger partial charge >= 0.3 is 0 Å². The Bertz CT molecular complexity index is 194. The third-order valence-corrected chi connectivity index (χ3v) is 2.13. The van der Waals surface area contributed by atoms with Crippen LogP contribution in [-0.4, -0.2) is 27.4 Å². The Labute approximate surface area is 61.1 Å². The van der Waals surface area contributed by atoms with Crippen molar-refractivity contribution in [3.05, 3.63) is 0 Å². The maximum atomic E-state index is 10.6. The van der Waals surface area contributed by atoms with E-state index in [1.54, 1.807) is 0 Å². The minimum Gasteiger partial charge on any atom is -0.301 e. The third kappa shape index (κ3) is 2.64. The average molecular weight is 164 g/mol. The summed E-state index contributed by atoms with van der Waals surface area (Å²) in [5, 5.41) is 3.02. The van der Waals surface area contributed by atoms with Gasteiger partial charge in [0.15, 0.2) is 0 Å². The average Bonchev–Trinajstić information content (AvgIpc) is 2.12. The summed E-state index contributed by atoms with van der Waals surface area (Å²) in [6, 6.07) is 0.